The second kappa shape index (κ2) is 3.67. The molecule has 0 aromatic carbocycles. The van der Waals surface area contributed by atoms with Gasteiger partial charge in [-0.1, -0.05) is 0 Å². The summed E-state index contributed by atoms with van der Waals surface area (Å²) in [7, 11) is 0. The third-order valence-electron chi connectivity index (χ3n) is 2.57. The molecule has 0 bridgehead atoms. The van der Waals surface area contributed by atoms with E-state index in [4.69, 9.17) is 5.26 Å². The first-order valence-electron chi connectivity index (χ1n) is 4.94. The summed E-state index contributed by atoms with van der Waals surface area (Å²) in [6, 6.07) is 6.13. The minimum absolute atomic E-state index is 0.562. The van der Waals surface area contributed by atoms with Crippen LogP contribution in [0.15, 0.2) is 12.1 Å². The van der Waals surface area contributed by atoms with Crippen LogP contribution in [0, 0.1) is 18.3 Å². The molecular weight excluding hydrogens is 174 g/mol. The Bertz CT molecular complexity index is 373. The van der Waals surface area contributed by atoms with Crippen LogP contribution in [0.2, 0.25) is 0 Å². The van der Waals surface area contributed by atoms with Crippen molar-refractivity contribution >= 4 is 5.69 Å². The highest BCUT2D eigenvalue weighted by molar-refractivity contribution is 5.56. The van der Waals surface area contributed by atoms with Crippen molar-refractivity contribution in [1.29, 1.82) is 5.26 Å². The highest BCUT2D eigenvalue weighted by Crippen LogP contribution is 2.22. The maximum Gasteiger partial charge on any atom is 0.164 e. The Balaban J connectivity index is 2.37. The average molecular weight is 187 g/mol. The normalized spacial score (nSPS) is 15.6. The lowest BCUT2D eigenvalue weighted by atomic mass is 10.2. The van der Waals surface area contributed by atoms with Gasteiger partial charge in [0.2, 0.25) is 0 Å². The topological polar surface area (TPSA) is 39.9 Å². The minimum Gasteiger partial charge on any atom is -0.369 e. The number of pyridine rings is 1. The summed E-state index contributed by atoms with van der Waals surface area (Å²) >= 11 is 0. The third kappa shape index (κ3) is 1.56. The first kappa shape index (κ1) is 9.01. The van der Waals surface area contributed by atoms with Crippen LogP contribution in [-0.2, 0) is 0 Å². The van der Waals surface area contributed by atoms with Crippen LogP contribution >= 0.6 is 0 Å². The van der Waals surface area contributed by atoms with Crippen LogP contribution in [0.3, 0.4) is 0 Å². The number of nitrogens with zero attached hydrogens (tertiary/aromatic N) is 3. The van der Waals surface area contributed by atoms with Gasteiger partial charge in [0.15, 0.2) is 5.69 Å². The molecule has 0 unspecified atom stereocenters. The molecule has 3 heteroatoms. The summed E-state index contributed by atoms with van der Waals surface area (Å²) in [5.41, 5.74) is 2.46. The van der Waals surface area contributed by atoms with Gasteiger partial charge in [-0.2, -0.15) is 5.26 Å². The molecule has 0 spiro atoms. The van der Waals surface area contributed by atoms with Gasteiger partial charge in [0, 0.05) is 18.8 Å². The number of anilines is 1. The maximum atomic E-state index is 8.96. The SMILES string of the molecule is Cc1ccc(N2CCCC2)c(C#N)n1. The molecule has 2 heterocycles. The Kier molecular flexibility index (Phi) is 2.36. The van der Waals surface area contributed by atoms with E-state index in [-0.39, 0.29) is 0 Å². The zero-order valence-corrected chi connectivity index (χ0v) is 8.32. The largest absolute Gasteiger partial charge is 0.369 e. The second-order valence-electron chi connectivity index (χ2n) is 3.63. The van der Waals surface area contributed by atoms with Crippen LogP contribution in [0.1, 0.15) is 24.2 Å². The lowest BCUT2D eigenvalue weighted by Crippen LogP contribution is -2.19. The fourth-order valence-corrected chi connectivity index (χ4v) is 1.84. The van der Waals surface area contributed by atoms with Crippen molar-refractivity contribution in [2.24, 2.45) is 0 Å². The van der Waals surface area contributed by atoms with Crippen LogP contribution in [0.4, 0.5) is 5.69 Å². The van der Waals surface area contributed by atoms with Gasteiger partial charge in [0.1, 0.15) is 6.07 Å². The molecule has 3 nitrogen and oxygen atoms in total. The quantitative estimate of drug-likeness (QED) is 0.673. The molecule has 1 aromatic rings. The van der Waals surface area contributed by atoms with Gasteiger partial charge in [-0.3, -0.25) is 0 Å². The number of hydrogen-bond acceptors (Lipinski definition) is 3. The molecule has 14 heavy (non-hydrogen) atoms. The Labute approximate surface area is 84.0 Å². The summed E-state index contributed by atoms with van der Waals surface area (Å²) < 4.78 is 0. The fraction of sp³-hybridized carbons (Fsp3) is 0.455. The predicted octanol–water partition coefficient (Wildman–Crippen LogP) is 1.86. The van der Waals surface area contributed by atoms with Crippen LogP contribution in [0.5, 0.6) is 0 Å². The minimum atomic E-state index is 0.562. The molecule has 1 saturated heterocycles. The monoisotopic (exact) mass is 187 g/mol. The Morgan fingerprint density at radius 1 is 1.36 bits per heavy atom. The molecule has 1 fully saturated rings. The zero-order chi connectivity index (χ0) is 9.97. The van der Waals surface area contributed by atoms with Crippen molar-refractivity contribution in [3.63, 3.8) is 0 Å². The Morgan fingerprint density at radius 2 is 2.07 bits per heavy atom. The number of aryl methyl sites for hydroxylation is 1. The molecule has 72 valence electrons. The number of nitriles is 1. The van der Waals surface area contributed by atoms with Crippen molar-refractivity contribution in [2.45, 2.75) is 19.8 Å². The summed E-state index contributed by atoms with van der Waals surface area (Å²) in [5, 5.41) is 8.96. The third-order valence-corrected chi connectivity index (χ3v) is 2.57. The Hall–Kier alpha value is -1.56. The van der Waals surface area contributed by atoms with Crippen LogP contribution < -0.4 is 4.90 Å². The van der Waals surface area contributed by atoms with E-state index in [1.165, 1.54) is 12.8 Å². The van der Waals surface area contributed by atoms with Gasteiger partial charge in [-0.25, -0.2) is 4.98 Å². The number of rotatable bonds is 1. The van der Waals surface area contributed by atoms with Gasteiger partial charge in [-0.15, -0.1) is 0 Å². The predicted molar refractivity (Wildman–Crippen MR) is 55.1 cm³/mol. The summed E-state index contributed by atoms with van der Waals surface area (Å²) in [6.07, 6.45) is 2.44. The van der Waals surface area contributed by atoms with E-state index in [1.807, 2.05) is 19.1 Å². The smallest absolute Gasteiger partial charge is 0.164 e. The second-order valence-corrected chi connectivity index (χ2v) is 3.63. The molecule has 1 aliphatic rings. The van der Waals surface area contributed by atoms with Crippen LogP contribution in [-0.4, -0.2) is 18.1 Å². The molecule has 0 radical (unpaired) electrons. The molecule has 0 aliphatic carbocycles. The van der Waals surface area contributed by atoms with Crippen molar-refractivity contribution in [3.05, 3.63) is 23.5 Å². The first-order chi connectivity index (χ1) is 6.81. The molecule has 0 N–H and O–H groups in total. The van der Waals surface area contributed by atoms with Crippen molar-refractivity contribution in [1.82, 2.24) is 4.98 Å². The lowest BCUT2D eigenvalue weighted by Gasteiger charge is -2.18. The highest BCUT2D eigenvalue weighted by Gasteiger charge is 2.16. The lowest BCUT2D eigenvalue weighted by molar-refractivity contribution is 0.949. The summed E-state index contributed by atoms with van der Waals surface area (Å²) in [6.45, 7) is 4.02. The molecule has 1 aromatic heterocycles. The van der Waals surface area contributed by atoms with Gasteiger partial charge in [0.25, 0.3) is 0 Å². The average Bonchev–Trinajstić information content (AvgIpc) is 2.70. The van der Waals surface area contributed by atoms with Crippen LogP contribution in [0.25, 0.3) is 0 Å². The van der Waals surface area contributed by atoms with Gasteiger partial charge < -0.3 is 4.90 Å². The van der Waals surface area contributed by atoms with E-state index < -0.39 is 0 Å². The van der Waals surface area contributed by atoms with Gasteiger partial charge >= 0.3 is 0 Å². The van der Waals surface area contributed by atoms with E-state index in [0.717, 1.165) is 24.5 Å². The molecule has 2 rings (SSSR count). The van der Waals surface area contributed by atoms with E-state index in [9.17, 15) is 0 Å². The summed E-state index contributed by atoms with van der Waals surface area (Å²) in [5.74, 6) is 0. The zero-order valence-electron chi connectivity index (χ0n) is 8.32. The van der Waals surface area contributed by atoms with Gasteiger partial charge in [-0.05, 0) is 31.9 Å². The molecular formula is C11H13N3. The van der Waals surface area contributed by atoms with E-state index in [1.54, 1.807) is 0 Å². The van der Waals surface area contributed by atoms with Gasteiger partial charge in [0.05, 0.1) is 5.69 Å². The van der Waals surface area contributed by atoms with E-state index in [2.05, 4.69) is 16.0 Å². The molecule has 0 saturated carbocycles. The number of aromatic nitrogens is 1. The van der Waals surface area contributed by atoms with Crippen molar-refractivity contribution in [3.8, 4) is 6.07 Å². The molecule has 0 amide bonds. The highest BCUT2D eigenvalue weighted by atomic mass is 15.2. The van der Waals surface area contributed by atoms with Crippen molar-refractivity contribution < 1.29 is 0 Å². The standard InChI is InChI=1S/C11H13N3/c1-9-4-5-11(10(8-12)13-9)14-6-2-3-7-14/h4-5H,2-3,6-7H2,1H3. The molecule has 0 atom stereocenters. The maximum absolute atomic E-state index is 8.96. The Morgan fingerprint density at radius 3 is 2.71 bits per heavy atom. The summed E-state index contributed by atoms with van der Waals surface area (Å²) in [4.78, 5) is 6.47. The fourth-order valence-electron chi connectivity index (χ4n) is 1.84. The van der Waals surface area contributed by atoms with E-state index >= 15 is 0 Å². The molecule has 1 aliphatic heterocycles. The number of hydrogen-bond donors (Lipinski definition) is 0. The van der Waals surface area contributed by atoms with E-state index in [0.29, 0.717) is 5.69 Å². The first-order valence-corrected chi connectivity index (χ1v) is 4.94. The van der Waals surface area contributed by atoms with Crippen molar-refractivity contribution in [2.75, 3.05) is 18.0 Å².